The lowest BCUT2D eigenvalue weighted by molar-refractivity contribution is -0.598. The Kier molecular flexibility index (Phi) is 9.75. The number of ketones is 1. The summed E-state index contributed by atoms with van der Waals surface area (Å²) in [7, 11) is 0. The van der Waals surface area contributed by atoms with Crippen molar-refractivity contribution in [1.82, 2.24) is 0 Å². The molecule has 2 aromatic heterocycles. The Balaban J connectivity index is 0.00000341. The van der Waals surface area contributed by atoms with Crippen LogP contribution < -0.4 is 28.5 Å². The van der Waals surface area contributed by atoms with Gasteiger partial charge in [0.1, 0.15) is 4.21 Å². The minimum atomic E-state index is -0.361. The zero-order valence-corrected chi connectivity index (χ0v) is 21.1. The molecule has 7 heteroatoms. The Labute approximate surface area is 208 Å². The number of hydrogen-bond acceptors (Lipinski definition) is 5. The van der Waals surface area contributed by atoms with Crippen LogP contribution in [0.4, 0.5) is 0 Å². The topological polar surface area (TPSA) is 47.3 Å². The molecule has 160 valence electrons. The Bertz CT molecular complexity index is 1090. The number of hydrogen-bond donors (Lipinski definition) is 0. The summed E-state index contributed by atoms with van der Waals surface area (Å²) in [6.45, 7) is 4.07. The second kappa shape index (κ2) is 12.0. The number of carbonyl (C=O) groups is 2. The van der Waals surface area contributed by atoms with Crippen LogP contribution in [0.2, 0.25) is 0 Å². The lowest BCUT2D eigenvalue weighted by Gasteiger charge is -2.05. The number of aromatic nitrogens is 1. The summed E-state index contributed by atoms with van der Waals surface area (Å²) in [5, 5.41) is 0. The first kappa shape index (κ1) is 25.1. The predicted molar refractivity (Wildman–Crippen MR) is 120 cm³/mol. The van der Waals surface area contributed by atoms with Crippen molar-refractivity contribution in [3.63, 3.8) is 0 Å². The summed E-state index contributed by atoms with van der Waals surface area (Å²) in [6, 6.07) is 13.1. The van der Waals surface area contributed by atoms with E-state index in [1.807, 2.05) is 54.2 Å². The molecule has 3 aromatic rings. The van der Waals surface area contributed by atoms with E-state index in [0.717, 1.165) is 15.5 Å². The maximum absolute atomic E-state index is 13.3. The van der Waals surface area contributed by atoms with Crippen LogP contribution >= 0.6 is 23.1 Å². The molecule has 3 rings (SSSR count). The third kappa shape index (κ3) is 6.19. The zero-order chi connectivity index (χ0) is 21.5. The second-order valence-corrected chi connectivity index (χ2v) is 8.76. The fourth-order valence-corrected chi connectivity index (χ4v) is 5.23. The van der Waals surface area contributed by atoms with Gasteiger partial charge < -0.3 is 28.7 Å². The van der Waals surface area contributed by atoms with Gasteiger partial charge in [-0.05, 0) is 19.4 Å². The normalized spacial score (nSPS) is 10.1. The largest absolute Gasteiger partial charge is 1.00 e. The number of thiophene rings is 1. The second-order valence-electron chi connectivity index (χ2n) is 6.50. The van der Waals surface area contributed by atoms with Crippen molar-refractivity contribution in [2.45, 2.75) is 24.5 Å². The van der Waals surface area contributed by atoms with Gasteiger partial charge in [-0.3, -0.25) is 9.59 Å². The van der Waals surface area contributed by atoms with E-state index in [1.54, 1.807) is 19.1 Å². The highest BCUT2D eigenvalue weighted by Gasteiger charge is 2.31. The van der Waals surface area contributed by atoms with Crippen LogP contribution in [0, 0.1) is 19.3 Å². The number of pyridine rings is 1. The number of ether oxygens (including phenoxy) is 1. The molecule has 0 saturated carbocycles. The number of terminal acetylenes is 1. The van der Waals surface area contributed by atoms with Crippen molar-refractivity contribution in [3.8, 4) is 18.0 Å². The van der Waals surface area contributed by atoms with Crippen LogP contribution in [0.3, 0.4) is 0 Å². The van der Waals surface area contributed by atoms with Gasteiger partial charge in [0, 0.05) is 17.7 Å². The van der Waals surface area contributed by atoms with E-state index >= 15 is 0 Å². The molecule has 0 atom stereocenters. The van der Waals surface area contributed by atoms with Gasteiger partial charge in [0.15, 0.2) is 12.4 Å². The first-order valence-corrected chi connectivity index (χ1v) is 11.3. The molecular weight excluding hydrogens is 541 g/mol. The number of rotatable bonds is 8. The summed E-state index contributed by atoms with van der Waals surface area (Å²) in [4.78, 5) is 26.3. The van der Waals surface area contributed by atoms with E-state index in [2.05, 4.69) is 5.92 Å². The summed E-state index contributed by atoms with van der Waals surface area (Å²) < 4.78 is 8.04. The van der Waals surface area contributed by atoms with Crippen molar-refractivity contribution >= 4 is 34.9 Å². The molecule has 0 fully saturated rings. The SMILES string of the molecule is C#CCSc1sc(C(=O)c2ccccc2)c(CC(=O)OCC)c1-[n+]1ccc(C)cc1.[I-]. The van der Waals surface area contributed by atoms with Gasteiger partial charge in [-0.1, -0.05) is 48.0 Å². The fourth-order valence-electron chi connectivity index (χ4n) is 2.97. The number of carbonyl (C=O) groups excluding carboxylic acids is 2. The van der Waals surface area contributed by atoms with E-state index < -0.39 is 0 Å². The van der Waals surface area contributed by atoms with E-state index in [4.69, 9.17) is 11.2 Å². The molecular formula is C24H22INO3S2. The molecule has 4 nitrogen and oxygen atoms in total. The Hall–Kier alpha value is -2.15. The van der Waals surface area contributed by atoms with Crippen LogP contribution in [-0.4, -0.2) is 24.1 Å². The summed E-state index contributed by atoms with van der Waals surface area (Å²) in [6.07, 6.45) is 9.37. The monoisotopic (exact) mass is 563 g/mol. The first-order chi connectivity index (χ1) is 14.5. The van der Waals surface area contributed by atoms with Gasteiger partial charge in [-0.25, -0.2) is 0 Å². The van der Waals surface area contributed by atoms with Gasteiger partial charge in [0.05, 0.1) is 29.2 Å². The number of thioether (sulfide) groups is 1. The number of aryl methyl sites for hydroxylation is 1. The highest BCUT2D eigenvalue weighted by atomic mass is 127. The maximum Gasteiger partial charge on any atom is 0.310 e. The Morgan fingerprint density at radius 3 is 2.45 bits per heavy atom. The molecule has 0 unspecified atom stereocenters. The molecule has 0 spiro atoms. The molecule has 0 aliphatic carbocycles. The van der Waals surface area contributed by atoms with Crippen molar-refractivity contribution in [2.75, 3.05) is 12.4 Å². The molecule has 1 aromatic carbocycles. The van der Waals surface area contributed by atoms with Crippen LogP contribution in [-0.2, 0) is 16.0 Å². The molecule has 0 bridgehead atoms. The van der Waals surface area contributed by atoms with E-state index in [-0.39, 0.29) is 48.8 Å². The Morgan fingerprint density at radius 1 is 1.16 bits per heavy atom. The van der Waals surface area contributed by atoms with E-state index in [0.29, 0.717) is 21.8 Å². The molecule has 0 aliphatic heterocycles. The highest BCUT2D eigenvalue weighted by molar-refractivity contribution is 8.01. The van der Waals surface area contributed by atoms with Crippen molar-refractivity contribution in [3.05, 3.63) is 76.4 Å². The lowest BCUT2D eigenvalue weighted by atomic mass is 10.0. The summed E-state index contributed by atoms with van der Waals surface area (Å²) >= 11 is 2.87. The van der Waals surface area contributed by atoms with Gasteiger partial charge in [-0.15, -0.1) is 17.8 Å². The minimum Gasteiger partial charge on any atom is -1.00 e. The van der Waals surface area contributed by atoms with Gasteiger partial charge in [0.25, 0.3) is 0 Å². The quantitative estimate of drug-likeness (QED) is 0.104. The van der Waals surface area contributed by atoms with Crippen LogP contribution in [0.5, 0.6) is 0 Å². The molecule has 2 heterocycles. The molecule has 0 radical (unpaired) electrons. The van der Waals surface area contributed by atoms with Gasteiger partial charge >= 0.3 is 5.97 Å². The standard InChI is InChI=1S/C24H22NO3S2.HI/c1-4-15-29-24-21(25-13-11-17(3)12-14-25)19(16-20(26)28-5-2)23(30-24)22(27)18-9-7-6-8-10-18;/h1,6-14H,5,15-16H2,2-3H3;1H/q+1;/p-1. The average molecular weight is 563 g/mol. The highest BCUT2D eigenvalue weighted by Crippen LogP contribution is 2.38. The van der Waals surface area contributed by atoms with Crippen LogP contribution in [0.25, 0.3) is 5.69 Å². The van der Waals surface area contributed by atoms with Gasteiger partial charge in [-0.2, -0.15) is 4.57 Å². The summed E-state index contributed by atoms with van der Waals surface area (Å²) in [5.74, 6) is 2.64. The van der Waals surface area contributed by atoms with E-state index in [9.17, 15) is 9.59 Å². The zero-order valence-electron chi connectivity index (χ0n) is 17.3. The average Bonchev–Trinajstić information content (AvgIpc) is 3.11. The Morgan fingerprint density at radius 2 is 1.84 bits per heavy atom. The predicted octanol–water partition coefficient (Wildman–Crippen LogP) is 1.40. The number of esters is 1. The lowest BCUT2D eigenvalue weighted by Crippen LogP contribution is -3.00. The maximum atomic E-state index is 13.3. The van der Waals surface area contributed by atoms with Crippen LogP contribution in [0.15, 0.2) is 59.1 Å². The molecule has 0 N–H and O–H groups in total. The van der Waals surface area contributed by atoms with Crippen LogP contribution in [0.1, 0.15) is 33.3 Å². The molecule has 0 saturated heterocycles. The number of halogens is 1. The third-order valence-corrected chi connectivity index (χ3v) is 6.74. The first-order valence-electron chi connectivity index (χ1n) is 9.50. The van der Waals surface area contributed by atoms with E-state index in [1.165, 1.54) is 23.1 Å². The van der Waals surface area contributed by atoms with Crippen molar-refractivity contribution in [2.24, 2.45) is 0 Å². The van der Waals surface area contributed by atoms with Gasteiger partial charge in [0.2, 0.25) is 11.5 Å². The minimum absolute atomic E-state index is 0. The number of benzene rings is 1. The third-order valence-electron chi connectivity index (χ3n) is 4.36. The number of nitrogens with zero attached hydrogens (tertiary/aromatic N) is 1. The molecule has 0 amide bonds. The molecule has 0 aliphatic rings. The van der Waals surface area contributed by atoms with Crippen molar-refractivity contribution in [1.29, 1.82) is 0 Å². The fraction of sp³-hybridized carbons (Fsp3) is 0.208. The smallest absolute Gasteiger partial charge is 0.310 e. The molecule has 31 heavy (non-hydrogen) atoms. The summed E-state index contributed by atoms with van der Waals surface area (Å²) in [5.41, 5.74) is 3.18. The van der Waals surface area contributed by atoms with Crippen molar-refractivity contribution < 1.29 is 42.9 Å².